The zero-order valence-corrected chi connectivity index (χ0v) is 10.2. The van der Waals surface area contributed by atoms with E-state index >= 15 is 0 Å². The molecule has 16 heavy (non-hydrogen) atoms. The van der Waals surface area contributed by atoms with Crippen molar-refractivity contribution in [2.24, 2.45) is 23.2 Å². The van der Waals surface area contributed by atoms with Gasteiger partial charge in [0.25, 0.3) is 0 Å². The highest BCUT2D eigenvalue weighted by Crippen LogP contribution is 2.61. The van der Waals surface area contributed by atoms with E-state index in [0.29, 0.717) is 5.41 Å². The lowest BCUT2D eigenvalue weighted by Crippen LogP contribution is -2.45. The van der Waals surface area contributed by atoms with Gasteiger partial charge in [-0.2, -0.15) is 0 Å². The minimum Gasteiger partial charge on any atom is -0.295 e. The highest BCUT2D eigenvalue weighted by atomic mass is 16.1. The predicted octanol–water partition coefficient (Wildman–Crippen LogP) is 3.74. The van der Waals surface area contributed by atoms with Gasteiger partial charge in [0.1, 0.15) is 0 Å². The summed E-state index contributed by atoms with van der Waals surface area (Å²) in [6.45, 7) is 1.65. The van der Waals surface area contributed by atoms with Crippen LogP contribution in [0, 0.1) is 23.2 Å². The maximum atomic E-state index is 10.9. The summed E-state index contributed by atoms with van der Waals surface area (Å²) in [5.74, 6) is 3.27. The zero-order valence-electron chi connectivity index (χ0n) is 10.2. The molecular weight excluding hydrogens is 196 g/mol. The Bertz CT molecular complexity index is 291. The van der Waals surface area contributed by atoms with Gasteiger partial charge >= 0.3 is 0 Å². The summed E-state index contributed by atoms with van der Waals surface area (Å²) in [7, 11) is 0. The van der Waals surface area contributed by atoms with Crippen molar-refractivity contribution in [3.8, 4) is 0 Å². The monoisotopic (exact) mass is 218 g/mol. The van der Waals surface area contributed by atoms with Crippen LogP contribution in [0.3, 0.4) is 0 Å². The Kier molecular flexibility index (Phi) is 2.45. The number of allylic oxidation sites excluding steroid dienone is 2. The highest BCUT2D eigenvalue weighted by Gasteiger charge is 2.49. The Labute approximate surface area is 98.3 Å². The van der Waals surface area contributed by atoms with E-state index in [4.69, 9.17) is 0 Å². The molecule has 4 saturated carbocycles. The number of carbonyl (C=O) groups is 1. The first kappa shape index (κ1) is 10.6. The molecule has 0 aliphatic heterocycles. The third-order valence-corrected chi connectivity index (χ3v) is 5.07. The van der Waals surface area contributed by atoms with Crippen molar-refractivity contribution in [1.29, 1.82) is 0 Å². The molecule has 0 atom stereocenters. The van der Waals surface area contributed by atoms with Crippen molar-refractivity contribution in [2.75, 3.05) is 0 Å². The molecule has 88 valence electrons. The summed E-state index contributed by atoms with van der Waals surface area (Å²) in [6, 6.07) is 0. The molecule has 0 aromatic carbocycles. The summed E-state index contributed by atoms with van der Waals surface area (Å²) in [4.78, 5) is 10.9. The van der Waals surface area contributed by atoms with Gasteiger partial charge in [-0.25, -0.2) is 0 Å². The molecule has 0 amide bonds. The largest absolute Gasteiger partial charge is 0.295 e. The number of rotatable bonds is 3. The lowest BCUT2D eigenvalue weighted by Gasteiger charge is -2.56. The van der Waals surface area contributed by atoms with Gasteiger partial charge in [-0.05, 0) is 81.1 Å². The second-order valence-electron chi connectivity index (χ2n) is 6.63. The second-order valence-corrected chi connectivity index (χ2v) is 6.63. The van der Waals surface area contributed by atoms with E-state index in [1.54, 1.807) is 13.0 Å². The van der Waals surface area contributed by atoms with Crippen molar-refractivity contribution in [2.45, 2.75) is 51.9 Å². The molecule has 0 aromatic heterocycles. The maximum absolute atomic E-state index is 10.9. The fraction of sp³-hybridized carbons (Fsp3) is 0.800. The number of carbonyl (C=O) groups excluding carboxylic acids is 1. The zero-order chi connectivity index (χ0) is 11.2. The van der Waals surface area contributed by atoms with E-state index in [1.165, 1.54) is 38.5 Å². The van der Waals surface area contributed by atoms with Crippen LogP contribution < -0.4 is 0 Å². The molecule has 0 heterocycles. The maximum Gasteiger partial charge on any atom is 0.152 e. The lowest BCUT2D eigenvalue weighted by atomic mass is 9.49. The molecule has 0 spiro atoms. The fourth-order valence-electron chi connectivity index (χ4n) is 5.01. The second kappa shape index (κ2) is 3.72. The van der Waals surface area contributed by atoms with Crippen molar-refractivity contribution < 1.29 is 4.79 Å². The molecule has 0 unspecified atom stereocenters. The molecule has 0 N–H and O–H groups in total. The standard InChI is InChI=1S/C15H22O/c1-11(16)3-2-4-15-8-12-5-13(9-15)7-14(6-12)10-15/h2-3,12-14H,4-10H2,1H3/b3-2+. The average Bonchev–Trinajstić information content (AvgIpc) is 2.13. The molecule has 4 fully saturated rings. The first-order valence-corrected chi connectivity index (χ1v) is 6.82. The summed E-state index contributed by atoms with van der Waals surface area (Å²) in [5, 5.41) is 0. The van der Waals surface area contributed by atoms with Crippen LogP contribution in [0.1, 0.15) is 51.9 Å². The molecule has 1 nitrogen and oxygen atoms in total. The topological polar surface area (TPSA) is 17.1 Å². The Hall–Kier alpha value is -0.590. The third kappa shape index (κ3) is 1.85. The summed E-state index contributed by atoms with van der Waals surface area (Å²) in [6.07, 6.45) is 14.0. The van der Waals surface area contributed by atoms with Crippen molar-refractivity contribution in [1.82, 2.24) is 0 Å². The molecule has 4 bridgehead atoms. The van der Waals surface area contributed by atoms with E-state index in [0.717, 1.165) is 24.2 Å². The number of hydrogen-bond acceptors (Lipinski definition) is 1. The van der Waals surface area contributed by atoms with E-state index < -0.39 is 0 Å². The Morgan fingerprint density at radius 2 is 1.62 bits per heavy atom. The predicted molar refractivity (Wildman–Crippen MR) is 65.0 cm³/mol. The Morgan fingerprint density at radius 1 is 1.12 bits per heavy atom. The molecule has 0 aromatic rings. The molecular formula is C15H22O. The van der Waals surface area contributed by atoms with Gasteiger partial charge in [0.15, 0.2) is 5.78 Å². The van der Waals surface area contributed by atoms with Gasteiger partial charge in [-0.1, -0.05) is 6.08 Å². The lowest BCUT2D eigenvalue weighted by molar-refractivity contribution is -0.112. The van der Waals surface area contributed by atoms with Gasteiger partial charge in [0.2, 0.25) is 0 Å². The van der Waals surface area contributed by atoms with Crippen LogP contribution in [0.5, 0.6) is 0 Å². The average molecular weight is 218 g/mol. The van der Waals surface area contributed by atoms with E-state index in [2.05, 4.69) is 6.08 Å². The quantitative estimate of drug-likeness (QED) is 0.659. The minimum absolute atomic E-state index is 0.199. The summed E-state index contributed by atoms with van der Waals surface area (Å²) >= 11 is 0. The molecule has 4 aliphatic carbocycles. The molecule has 4 rings (SSSR count). The van der Waals surface area contributed by atoms with E-state index in [9.17, 15) is 4.79 Å². The van der Waals surface area contributed by atoms with Crippen molar-refractivity contribution >= 4 is 5.78 Å². The minimum atomic E-state index is 0.199. The Morgan fingerprint density at radius 3 is 2.06 bits per heavy atom. The molecule has 0 radical (unpaired) electrons. The van der Waals surface area contributed by atoms with Crippen molar-refractivity contribution in [3.63, 3.8) is 0 Å². The van der Waals surface area contributed by atoms with Crippen LogP contribution in [-0.4, -0.2) is 5.78 Å². The molecule has 0 saturated heterocycles. The summed E-state index contributed by atoms with van der Waals surface area (Å²) < 4.78 is 0. The first-order chi connectivity index (χ1) is 7.65. The summed E-state index contributed by atoms with van der Waals surface area (Å²) in [5.41, 5.74) is 0.598. The van der Waals surface area contributed by atoms with Gasteiger partial charge in [-0.3, -0.25) is 4.79 Å². The number of hydrogen-bond donors (Lipinski definition) is 0. The third-order valence-electron chi connectivity index (χ3n) is 5.07. The van der Waals surface area contributed by atoms with Crippen LogP contribution in [0.15, 0.2) is 12.2 Å². The highest BCUT2D eigenvalue weighted by molar-refractivity contribution is 5.87. The van der Waals surface area contributed by atoms with Gasteiger partial charge in [0.05, 0.1) is 0 Å². The van der Waals surface area contributed by atoms with Crippen LogP contribution in [0.4, 0.5) is 0 Å². The van der Waals surface area contributed by atoms with Gasteiger partial charge in [0, 0.05) is 0 Å². The molecule has 1 heteroatoms. The molecule has 4 aliphatic rings. The first-order valence-electron chi connectivity index (χ1n) is 6.82. The normalized spacial score (nSPS) is 45.4. The Balaban J connectivity index is 1.71. The SMILES string of the molecule is CC(=O)/C=C/CC12CC3CC(CC(C3)C1)C2. The number of ketones is 1. The fourth-order valence-corrected chi connectivity index (χ4v) is 5.01. The van der Waals surface area contributed by atoms with Crippen LogP contribution in [0.25, 0.3) is 0 Å². The smallest absolute Gasteiger partial charge is 0.152 e. The van der Waals surface area contributed by atoms with Crippen LogP contribution in [0.2, 0.25) is 0 Å². The van der Waals surface area contributed by atoms with Crippen molar-refractivity contribution in [3.05, 3.63) is 12.2 Å². The van der Waals surface area contributed by atoms with Gasteiger partial charge < -0.3 is 0 Å². The van der Waals surface area contributed by atoms with E-state index in [-0.39, 0.29) is 5.78 Å². The van der Waals surface area contributed by atoms with Crippen LogP contribution in [-0.2, 0) is 4.79 Å². The van der Waals surface area contributed by atoms with Gasteiger partial charge in [-0.15, -0.1) is 0 Å². The van der Waals surface area contributed by atoms with E-state index in [1.807, 2.05) is 0 Å². The van der Waals surface area contributed by atoms with Crippen LogP contribution >= 0.6 is 0 Å².